The molecule has 0 saturated carbocycles. The molecule has 0 fully saturated rings. The van der Waals surface area contributed by atoms with Gasteiger partial charge in [-0.15, -0.1) is 0 Å². The van der Waals surface area contributed by atoms with Gasteiger partial charge in [0, 0.05) is 30.5 Å². The van der Waals surface area contributed by atoms with E-state index >= 15 is 0 Å². The van der Waals surface area contributed by atoms with Gasteiger partial charge in [0.25, 0.3) is 11.8 Å². The van der Waals surface area contributed by atoms with Crippen molar-refractivity contribution in [2.75, 3.05) is 18.4 Å². The van der Waals surface area contributed by atoms with E-state index in [2.05, 4.69) is 10.3 Å². The lowest BCUT2D eigenvalue weighted by molar-refractivity contribution is 0.0767. The van der Waals surface area contributed by atoms with Crippen molar-refractivity contribution in [1.29, 1.82) is 0 Å². The fourth-order valence-electron chi connectivity index (χ4n) is 2.43. The highest BCUT2D eigenvalue weighted by atomic mass is 16.2. The minimum atomic E-state index is -0.250. The number of benzene rings is 1. The first-order valence-electron chi connectivity index (χ1n) is 8.10. The van der Waals surface area contributed by atoms with Crippen LogP contribution in [0.5, 0.6) is 0 Å². The minimum absolute atomic E-state index is 0.165. The molecule has 2 amide bonds. The summed E-state index contributed by atoms with van der Waals surface area (Å²) in [6.45, 7) is 8.96. The van der Waals surface area contributed by atoms with Crippen LogP contribution in [0.25, 0.3) is 0 Å². The molecule has 1 aromatic carbocycles. The standard InChI is InChI=1S/C19H23N3O2/c1-5-22(6-2)19(24)17-12-15(9-10-20-17)18(23)21-16-11-13(3)7-8-14(16)4/h7-12H,5-6H2,1-4H3,(H,21,23). The van der Waals surface area contributed by atoms with Gasteiger partial charge < -0.3 is 10.2 Å². The topological polar surface area (TPSA) is 62.3 Å². The van der Waals surface area contributed by atoms with E-state index in [0.29, 0.717) is 18.7 Å². The third kappa shape index (κ3) is 3.98. The fraction of sp³-hybridized carbons (Fsp3) is 0.316. The lowest BCUT2D eigenvalue weighted by Crippen LogP contribution is -2.31. The van der Waals surface area contributed by atoms with Crippen LogP contribution in [0.1, 0.15) is 45.8 Å². The Morgan fingerprint density at radius 2 is 1.79 bits per heavy atom. The summed E-state index contributed by atoms with van der Waals surface area (Å²) in [7, 11) is 0. The van der Waals surface area contributed by atoms with Gasteiger partial charge in [-0.2, -0.15) is 0 Å². The highest BCUT2D eigenvalue weighted by Crippen LogP contribution is 2.17. The number of amides is 2. The Morgan fingerprint density at radius 3 is 2.46 bits per heavy atom. The SMILES string of the molecule is CCN(CC)C(=O)c1cc(C(=O)Nc2cc(C)ccc2C)ccn1. The number of hydrogen-bond donors (Lipinski definition) is 1. The quantitative estimate of drug-likeness (QED) is 0.916. The Balaban J connectivity index is 2.23. The molecule has 0 radical (unpaired) electrons. The van der Waals surface area contributed by atoms with Gasteiger partial charge in [0.2, 0.25) is 0 Å². The summed E-state index contributed by atoms with van der Waals surface area (Å²) in [4.78, 5) is 30.6. The highest BCUT2D eigenvalue weighted by molar-refractivity contribution is 6.06. The van der Waals surface area contributed by atoms with Crippen LogP contribution >= 0.6 is 0 Å². The Labute approximate surface area is 142 Å². The van der Waals surface area contributed by atoms with Crippen molar-refractivity contribution in [2.24, 2.45) is 0 Å². The number of carbonyl (C=O) groups is 2. The average Bonchev–Trinajstić information content (AvgIpc) is 2.59. The zero-order valence-electron chi connectivity index (χ0n) is 14.6. The molecular formula is C19H23N3O2. The van der Waals surface area contributed by atoms with Crippen LogP contribution in [0.2, 0.25) is 0 Å². The van der Waals surface area contributed by atoms with Gasteiger partial charge >= 0.3 is 0 Å². The second-order valence-electron chi connectivity index (χ2n) is 5.68. The van der Waals surface area contributed by atoms with E-state index in [1.54, 1.807) is 17.0 Å². The Kier molecular flexibility index (Phi) is 5.68. The summed E-state index contributed by atoms with van der Waals surface area (Å²) >= 11 is 0. The number of aryl methyl sites for hydroxylation is 2. The Hall–Kier alpha value is -2.69. The summed E-state index contributed by atoms with van der Waals surface area (Å²) in [5.74, 6) is -0.416. The van der Waals surface area contributed by atoms with Gasteiger partial charge in [-0.05, 0) is 57.0 Å². The van der Waals surface area contributed by atoms with Crippen molar-refractivity contribution in [3.63, 3.8) is 0 Å². The summed E-state index contributed by atoms with van der Waals surface area (Å²) in [6, 6.07) is 9.04. The van der Waals surface area contributed by atoms with Crippen LogP contribution in [-0.2, 0) is 0 Å². The van der Waals surface area contributed by atoms with Crippen LogP contribution < -0.4 is 5.32 Å². The minimum Gasteiger partial charge on any atom is -0.338 e. The van der Waals surface area contributed by atoms with Gasteiger partial charge in [0.05, 0.1) is 0 Å². The zero-order chi connectivity index (χ0) is 17.7. The lowest BCUT2D eigenvalue weighted by Gasteiger charge is -2.18. The molecule has 0 saturated heterocycles. The molecule has 0 aliphatic heterocycles. The van der Waals surface area contributed by atoms with Crippen molar-refractivity contribution in [2.45, 2.75) is 27.7 Å². The van der Waals surface area contributed by atoms with Gasteiger partial charge in [0.15, 0.2) is 0 Å². The molecule has 126 valence electrons. The predicted octanol–water partition coefficient (Wildman–Crippen LogP) is 3.43. The number of hydrogen-bond acceptors (Lipinski definition) is 3. The molecule has 0 unspecified atom stereocenters. The molecule has 0 aliphatic carbocycles. The third-order valence-electron chi connectivity index (χ3n) is 3.93. The number of pyridine rings is 1. The predicted molar refractivity (Wildman–Crippen MR) is 95.4 cm³/mol. The number of aromatic nitrogens is 1. The van der Waals surface area contributed by atoms with Crippen molar-refractivity contribution in [3.8, 4) is 0 Å². The van der Waals surface area contributed by atoms with Crippen LogP contribution in [0, 0.1) is 13.8 Å². The van der Waals surface area contributed by atoms with Crippen molar-refractivity contribution in [1.82, 2.24) is 9.88 Å². The van der Waals surface area contributed by atoms with Crippen LogP contribution in [0.3, 0.4) is 0 Å². The van der Waals surface area contributed by atoms with Crippen molar-refractivity contribution < 1.29 is 9.59 Å². The Morgan fingerprint density at radius 1 is 1.08 bits per heavy atom. The van der Waals surface area contributed by atoms with E-state index in [4.69, 9.17) is 0 Å². The first-order valence-corrected chi connectivity index (χ1v) is 8.10. The molecule has 1 heterocycles. The molecule has 2 aromatic rings. The molecule has 0 spiro atoms. The lowest BCUT2D eigenvalue weighted by atomic mass is 10.1. The number of nitrogens with zero attached hydrogens (tertiary/aromatic N) is 2. The maximum atomic E-state index is 12.5. The van der Waals surface area contributed by atoms with Gasteiger partial charge in [-0.25, -0.2) is 0 Å². The van der Waals surface area contributed by atoms with Crippen molar-refractivity contribution in [3.05, 3.63) is 58.9 Å². The fourth-order valence-corrected chi connectivity index (χ4v) is 2.43. The summed E-state index contributed by atoms with van der Waals surface area (Å²) in [6.07, 6.45) is 1.49. The normalized spacial score (nSPS) is 10.3. The maximum Gasteiger partial charge on any atom is 0.272 e. The van der Waals surface area contributed by atoms with Gasteiger partial charge in [-0.1, -0.05) is 12.1 Å². The molecule has 5 nitrogen and oxygen atoms in total. The largest absolute Gasteiger partial charge is 0.338 e. The molecule has 5 heteroatoms. The molecule has 24 heavy (non-hydrogen) atoms. The second-order valence-corrected chi connectivity index (χ2v) is 5.68. The average molecular weight is 325 g/mol. The first kappa shape index (κ1) is 17.7. The molecular weight excluding hydrogens is 302 g/mol. The molecule has 2 rings (SSSR count). The zero-order valence-corrected chi connectivity index (χ0v) is 14.6. The number of anilines is 1. The molecule has 0 aliphatic rings. The van der Waals surface area contributed by atoms with Crippen molar-refractivity contribution >= 4 is 17.5 Å². The number of carbonyl (C=O) groups excluding carboxylic acids is 2. The molecule has 1 aromatic heterocycles. The van der Waals surface area contributed by atoms with E-state index in [9.17, 15) is 9.59 Å². The first-order chi connectivity index (χ1) is 11.5. The van der Waals surface area contributed by atoms with Gasteiger partial charge in [-0.3, -0.25) is 14.6 Å². The number of nitrogens with one attached hydrogen (secondary N) is 1. The second kappa shape index (κ2) is 7.73. The smallest absolute Gasteiger partial charge is 0.272 e. The van der Waals surface area contributed by atoms with Crippen LogP contribution in [0.15, 0.2) is 36.5 Å². The van der Waals surface area contributed by atoms with E-state index in [1.807, 2.05) is 45.9 Å². The molecule has 1 N–H and O–H groups in total. The number of rotatable bonds is 5. The van der Waals surface area contributed by atoms with E-state index in [-0.39, 0.29) is 17.5 Å². The summed E-state index contributed by atoms with van der Waals surface area (Å²) in [5, 5.41) is 2.90. The Bertz CT molecular complexity index is 752. The summed E-state index contributed by atoms with van der Waals surface area (Å²) < 4.78 is 0. The van der Waals surface area contributed by atoms with Crippen LogP contribution in [0.4, 0.5) is 5.69 Å². The van der Waals surface area contributed by atoms with Crippen LogP contribution in [-0.4, -0.2) is 34.8 Å². The third-order valence-corrected chi connectivity index (χ3v) is 3.93. The van der Waals surface area contributed by atoms with Gasteiger partial charge in [0.1, 0.15) is 5.69 Å². The molecule has 0 bridgehead atoms. The maximum absolute atomic E-state index is 12.5. The van der Waals surface area contributed by atoms with E-state index in [1.165, 1.54) is 6.20 Å². The summed E-state index contributed by atoms with van der Waals surface area (Å²) in [5.41, 5.74) is 3.53. The molecule has 0 atom stereocenters. The van der Waals surface area contributed by atoms with E-state index in [0.717, 1.165) is 16.8 Å². The highest BCUT2D eigenvalue weighted by Gasteiger charge is 2.16. The monoisotopic (exact) mass is 325 g/mol. The van der Waals surface area contributed by atoms with E-state index < -0.39 is 0 Å².